The molecule has 4 aliphatic rings. The number of allylic oxidation sites excluding steroid dienone is 5. The third-order valence-corrected chi connectivity index (χ3v) is 14.2. The van der Waals surface area contributed by atoms with Crippen molar-refractivity contribution in [2.75, 3.05) is 20.8 Å². The molecule has 0 radical (unpaired) electrons. The minimum Gasteiger partial charge on any atom is -0.460 e. The number of aliphatic hydroxyl groups excluding tert-OH is 2. The van der Waals surface area contributed by atoms with Gasteiger partial charge in [0.05, 0.1) is 24.4 Å². The molecule has 2 bridgehead atoms. The highest BCUT2D eigenvalue weighted by atomic mass is 16.6. The third-order valence-electron chi connectivity index (χ3n) is 14.2. The van der Waals surface area contributed by atoms with Crippen LogP contribution in [0.15, 0.2) is 36.0 Å². The normalized spacial score (nSPS) is 39.6. The molecule has 0 spiro atoms. The van der Waals surface area contributed by atoms with Gasteiger partial charge in [-0.25, -0.2) is 4.79 Å². The molecule has 3 aliphatic heterocycles. The zero-order valence-corrected chi connectivity index (χ0v) is 39.0. The van der Waals surface area contributed by atoms with Gasteiger partial charge in [0, 0.05) is 51.4 Å². The van der Waals surface area contributed by atoms with E-state index in [0.717, 1.165) is 10.5 Å². The number of amides is 1. The van der Waals surface area contributed by atoms with Crippen molar-refractivity contribution < 1.29 is 63.0 Å². The molecule has 0 aromatic rings. The summed E-state index contributed by atoms with van der Waals surface area (Å²) in [6, 6.07) is -1.14. The quantitative estimate of drug-likeness (QED) is 0.233. The highest BCUT2D eigenvalue weighted by Gasteiger charge is 2.53. The summed E-state index contributed by atoms with van der Waals surface area (Å²) in [5.41, 5.74) is 0.861. The Bertz CT molecular complexity index is 1710. The summed E-state index contributed by atoms with van der Waals surface area (Å²) < 4.78 is 23.6. The summed E-state index contributed by atoms with van der Waals surface area (Å²) in [6.07, 6.45) is 9.43. The number of hydrogen-bond donors (Lipinski definition) is 3. The van der Waals surface area contributed by atoms with Crippen molar-refractivity contribution in [3.05, 3.63) is 36.0 Å². The number of Topliss-reactive ketones (excluding diaryl/α,β-unsaturated/α-hetero) is 4. The van der Waals surface area contributed by atoms with Crippen molar-refractivity contribution >= 4 is 35.0 Å². The standard InChI is InChI=1S/C49H75NO13/c1-28-14-11-10-12-15-29(2)40(60-8)26-36-19-17-34(7)49(59,63-36)46(56)47(57)50-21-13-16-37(50)48(58)62-41(31(4)24-35-18-20-38(51)42(25-35)61-9)27-39(52)30(3)23-33(6)44(54)45(55)43(53)32(5)22-28/h10-12,14-15,28,30-38,40-43,51,53,59H,13,16-27H2,1-9H3/b12-10+,14-11+,29-15?/t28-,30?,31-,32-,33?,34-,35+,36+,37+,38-,40+,41+,42-,43?,49-/m1/s1. The smallest absolute Gasteiger partial charge is 0.329 e. The lowest BCUT2D eigenvalue weighted by Gasteiger charge is -2.41. The average Bonchev–Trinajstić information content (AvgIpc) is 3.75. The van der Waals surface area contributed by atoms with Gasteiger partial charge in [0.1, 0.15) is 24.0 Å². The van der Waals surface area contributed by atoms with Crippen molar-refractivity contribution in [2.45, 2.75) is 174 Å². The van der Waals surface area contributed by atoms with Crippen LogP contribution >= 0.6 is 0 Å². The minimum atomic E-state index is -2.43. The number of hydrogen-bond acceptors (Lipinski definition) is 13. The Balaban J connectivity index is 1.65. The molecule has 2 saturated heterocycles. The van der Waals surface area contributed by atoms with E-state index in [9.17, 15) is 44.1 Å². The Morgan fingerprint density at radius 3 is 2.24 bits per heavy atom. The lowest BCUT2D eigenvalue weighted by molar-refractivity contribution is -0.265. The Labute approximate surface area is 374 Å². The second-order valence-corrected chi connectivity index (χ2v) is 19.3. The number of ketones is 4. The van der Waals surface area contributed by atoms with Crippen LogP contribution in [0.5, 0.6) is 0 Å². The molecular weight excluding hydrogens is 811 g/mol. The van der Waals surface area contributed by atoms with Crippen LogP contribution in [0.3, 0.4) is 0 Å². The summed E-state index contributed by atoms with van der Waals surface area (Å²) in [5.74, 6) is -10.4. The zero-order chi connectivity index (χ0) is 46.8. The van der Waals surface area contributed by atoms with Crippen LogP contribution in [0.2, 0.25) is 0 Å². The van der Waals surface area contributed by atoms with Crippen LogP contribution in [0, 0.1) is 41.4 Å². The number of carbonyl (C=O) groups is 6. The Morgan fingerprint density at radius 1 is 0.841 bits per heavy atom. The van der Waals surface area contributed by atoms with Crippen molar-refractivity contribution in [2.24, 2.45) is 41.4 Å². The topological polar surface area (TPSA) is 203 Å². The second kappa shape index (κ2) is 23.7. The molecule has 15 atom stereocenters. The maximum Gasteiger partial charge on any atom is 0.329 e. The molecule has 3 fully saturated rings. The van der Waals surface area contributed by atoms with Crippen LogP contribution in [-0.4, -0.2) is 124 Å². The zero-order valence-electron chi connectivity index (χ0n) is 39.0. The Kier molecular flexibility index (Phi) is 19.6. The Morgan fingerprint density at radius 2 is 1.56 bits per heavy atom. The lowest BCUT2D eigenvalue weighted by Crippen LogP contribution is -2.59. The SMILES string of the molecule is CO[C@H]1C[C@@H]2CC[C@@H](C)[C@@](O)(O2)C(=O)C(=O)N2CCC[C@H]2C(=O)O[C@H]([C@H](C)C[C@@H]2CC[C@@H](O)[C@H](OC)C2)CC(=O)C(C)CC(C)C(=O)C(=O)C(O)[C@H](C)C[C@H](C)/C=C/C=C/C=C1C. The molecule has 3 heterocycles. The van der Waals surface area contributed by atoms with Crippen molar-refractivity contribution in [1.82, 2.24) is 4.90 Å². The van der Waals surface area contributed by atoms with E-state index in [1.165, 1.54) is 0 Å². The van der Waals surface area contributed by atoms with Crippen LogP contribution in [0.25, 0.3) is 0 Å². The van der Waals surface area contributed by atoms with Gasteiger partial charge in [0.25, 0.3) is 11.7 Å². The number of fused-ring (bicyclic) bond motifs is 3. The molecule has 1 amide bonds. The number of esters is 1. The molecule has 14 heteroatoms. The van der Waals surface area contributed by atoms with E-state index in [0.29, 0.717) is 57.8 Å². The van der Waals surface area contributed by atoms with Gasteiger partial charge in [-0.05, 0) is 100 Å². The van der Waals surface area contributed by atoms with E-state index in [1.807, 2.05) is 51.2 Å². The summed E-state index contributed by atoms with van der Waals surface area (Å²) in [5, 5.41) is 33.2. The highest BCUT2D eigenvalue weighted by Crippen LogP contribution is 2.38. The first-order valence-electron chi connectivity index (χ1n) is 23.2. The van der Waals surface area contributed by atoms with E-state index < -0.39 is 95.2 Å². The van der Waals surface area contributed by atoms with Gasteiger partial charge in [0.15, 0.2) is 0 Å². The largest absolute Gasteiger partial charge is 0.460 e. The predicted molar refractivity (Wildman–Crippen MR) is 235 cm³/mol. The van der Waals surface area contributed by atoms with E-state index in [2.05, 4.69) is 0 Å². The van der Waals surface area contributed by atoms with E-state index in [1.54, 1.807) is 41.9 Å². The first kappa shape index (κ1) is 52.2. The molecule has 1 saturated carbocycles. The van der Waals surface area contributed by atoms with Gasteiger partial charge in [-0.3, -0.25) is 24.0 Å². The number of ether oxygens (including phenoxy) is 4. The van der Waals surface area contributed by atoms with Crippen LogP contribution < -0.4 is 0 Å². The van der Waals surface area contributed by atoms with Gasteiger partial charge in [-0.15, -0.1) is 0 Å². The molecule has 0 aromatic carbocycles. The molecule has 354 valence electrons. The fourth-order valence-corrected chi connectivity index (χ4v) is 9.92. The summed E-state index contributed by atoms with van der Waals surface area (Å²) in [6.45, 7) is 12.4. The maximum atomic E-state index is 14.2. The van der Waals surface area contributed by atoms with Crippen LogP contribution in [0.1, 0.15) is 126 Å². The van der Waals surface area contributed by atoms with Gasteiger partial charge in [0.2, 0.25) is 17.4 Å². The van der Waals surface area contributed by atoms with Gasteiger partial charge in [-0.1, -0.05) is 71.9 Å². The summed E-state index contributed by atoms with van der Waals surface area (Å²) in [4.78, 5) is 84.0. The third kappa shape index (κ3) is 13.6. The van der Waals surface area contributed by atoms with Crippen molar-refractivity contribution in [1.29, 1.82) is 0 Å². The Hall–Kier alpha value is -3.40. The minimum absolute atomic E-state index is 0.0313. The van der Waals surface area contributed by atoms with E-state index in [4.69, 9.17) is 18.9 Å². The maximum absolute atomic E-state index is 14.2. The summed E-state index contributed by atoms with van der Waals surface area (Å²) in [7, 11) is 3.11. The first-order valence-corrected chi connectivity index (χ1v) is 23.2. The average molecular weight is 886 g/mol. The highest BCUT2D eigenvalue weighted by molar-refractivity contribution is 6.39. The molecule has 4 rings (SSSR count). The molecule has 0 aromatic heterocycles. The molecule has 1 aliphatic carbocycles. The predicted octanol–water partition coefficient (Wildman–Crippen LogP) is 5.42. The molecule has 14 nitrogen and oxygen atoms in total. The first-order chi connectivity index (χ1) is 29.7. The number of cyclic esters (lactones) is 1. The fraction of sp³-hybridized carbons (Fsp3) is 0.755. The summed E-state index contributed by atoms with van der Waals surface area (Å²) >= 11 is 0. The monoisotopic (exact) mass is 886 g/mol. The van der Waals surface area contributed by atoms with E-state index >= 15 is 0 Å². The van der Waals surface area contributed by atoms with Crippen LogP contribution in [-0.2, 0) is 47.7 Å². The lowest BCUT2D eigenvalue weighted by atomic mass is 9.78. The van der Waals surface area contributed by atoms with Gasteiger partial charge >= 0.3 is 5.97 Å². The molecule has 3 unspecified atom stereocenters. The number of aliphatic hydroxyl groups is 3. The number of rotatable bonds is 5. The number of carbonyl (C=O) groups excluding carboxylic acids is 6. The number of nitrogens with zero attached hydrogens (tertiary/aromatic N) is 1. The van der Waals surface area contributed by atoms with Crippen molar-refractivity contribution in [3.63, 3.8) is 0 Å². The molecule has 3 N–H and O–H groups in total. The molecule has 63 heavy (non-hydrogen) atoms. The van der Waals surface area contributed by atoms with E-state index in [-0.39, 0.29) is 55.4 Å². The van der Waals surface area contributed by atoms with Crippen LogP contribution in [0.4, 0.5) is 0 Å². The van der Waals surface area contributed by atoms with Gasteiger partial charge in [-0.2, -0.15) is 0 Å². The second-order valence-electron chi connectivity index (χ2n) is 19.3. The van der Waals surface area contributed by atoms with Gasteiger partial charge < -0.3 is 39.2 Å². The number of methoxy groups -OCH3 is 2. The fourth-order valence-electron chi connectivity index (χ4n) is 9.92. The van der Waals surface area contributed by atoms with Crippen molar-refractivity contribution in [3.8, 4) is 0 Å². The molecular formula is C49H75NO13.